The Balaban J connectivity index is 2.51. The third-order valence-corrected chi connectivity index (χ3v) is 6.32. The molecule has 1 fully saturated rings. The Labute approximate surface area is 192 Å². The van der Waals surface area contributed by atoms with Crippen LogP contribution < -0.4 is 10.6 Å². The molecule has 0 radical (unpaired) electrons. The highest BCUT2D eigenvalue weighted by atomic mass is 32.2. The van der Waals surface area contributed by atoms with E-state index >= 15 is 0 Å². The minimum absolute atomic E-state index is 0.0248. The molecule has 1 heterocycles. The molecule has 32 heavy (non-hydrogen) atoms. The predicted octanol–water partition coefficient (Wildman–Crippen LogP) is 2.00. The standard InChI is InChI=1S/C19H33N2O9PS/c1-13(22)32-10-9-20-14(23)7-8-21-16(24)15-19(5,6)11-28-31(26,30-15)29-12-27-17(25)18(2,3)4/h15H,7-12H2,1-6H3,(H,20,23)(H,21,24)/t15-,31-/m0/s1. The fraction of sp³-hybridized carbons (Fsp3) is 0.789. The van der Waals surface area contributed by atoms with Crippen molar-refractivity contribution in [2.45, 2.75) is 54.1 Å². The summed E-state index contributed by atoms with van der Waals surface area (Å²) in [6.45, 7) is 9.43. The van der Waals surface area contributed by atoms with Crippen molar-refractivity contribution >= 4 is 42.5 Å². The average molecular weight is 497 g/mol. The van der Waals surface area contributed by atoms with Gasteiger partial charge in [-0.25, -0.2) is 9.09 Å². The quantitative estimate of drug-likeness (QED) is 0.199. The number of carbonyl (C=O) groups is 4. The number of nitrogens with one attached hydrogen (secondary N) is 2. The largest absolute Gasteiger partial charge is 0.478 e. The molecule has 11 nitrogen and oxygen atoms in total. The number of phosphoric acid groups is 1. The highest BCUT2D eigenvalue weighted by molar-refractivity contribution is 8.13. The molecular formula is C19H33N2O9PS. The number of hydrogen-bond acceptors (Lipinski definition) is 10. The van der Waals surface area contributed by atoms with Gasteiger partial charge in [-0.15, -0.1) is 0 Å². The highest BCUT2D eigenvalue weighted by Crippen LogP contribution is 2.57. The minimum atomic E-state index is -4.14. The van der Waals surface area contributed by atoms with E-state index in [0.717, 1.165) is 11.8 Å². The monoisotopic (exact) mass is 496 g/mol. The van der Waals surface area contributed by atoms with E-state index in [1.165, 1.54) is 6.92 Å². The molecule has 184 valence electrons. The molecule has 0 saturated carbocycles. The van der Waals surface area contributed by atoms with Gasteiger partial charge in [0.25, 0.3) is 0 Å². The van der Waals surface area contributed by atoms with Crippen LogP contribution in [0.3, 0.4) is 0 Å². The van der Waals surface area contributed by atoms with E-state index in [2.05, 4.69) is 10.6 Å². The van der Waals surface area contributed by atoms with E-state index in [9.17, 15) is 23.7 Å². The van der Waals surface area contributed by atoms with Crippen molar-refractivity contribution in [2.24, 2.45) is 10.8 Å². The molecule has 0 aromatic carbocycles. The molecule has 2 amide bonds. The molecule has 1 aliphatic rings. The Morgan fingerprint density at radius 2 is 1.81 bits per heavy atom. The topological polar surface area (TPSA) is 146 Å². The van der Waals surface area contributed by atoms with Crippen molar-refractivity contribution in [1.29, 1.82) is 0 Å². The van der Waals surface area contributed by atoms with Crippen LogP contribution in [0, 0.1) is 10.8 Å². The van der Waals surface area contributed by atoms with E-state index < -0.39 is 43.4 Å². The van der Waals surface area contributed by atoms with Gasteiger partial charge in [0.15, 0.2) is 11.2 Å². The molecule has 2 N–H and O–H groups in total. The zero-order chi connectivity index (χ0) is 24.6. The number of phosphoric ester groups is 1. The molecule has 0 unspecified atom stereocenters. The van der Waals surface area contributed by atoms with Crippen LogP contribution in [-0.2, 0) is 42.1 Å². The van der Waals surface area contributed by atoms with Crippen LogP contribution in [0.1, 0.15) is 48.0 Å². The van der Waals surface area contributed by atoms with E-state index in [4.69, 9.17) is 18.3 Å². The Kier molecular flexibility index (Phi) is 10.8. The summed E-state index contributed by atoms with van der Waals surface area (Å²) in [5.74, 6) is -0.948. The van der Waals surface area contributed by atoms with Gasteiger partial charge in [0, 0.05) is 37.6 Å². The van der Waals surface area contributed by atoms with Crippen molar-refractivity contribution in [2.75, 3.05) is 32.2 Å². The van der Waals surface area contributed by atoms with Gasteiger partial charge >= 0.3 is 13.8 Å². The lowest BCUT2D eigenvalue weighted by molar-refractivity contribution is -0.163. The normalized spacial score (nSPS) is 22.6. The van der Waals surface area contributed by atoms with Gasteiger partial charge in [0.05, 0.1) is 12.0 Å². The first-order valence-corrected chi connectivity index (χ1v) is 12.5. The Hall–Kier alpha value is -1.46. The Morgan fingerprint density at radius 1 is 1.16 bits per heavy atom. The summed E-state index contributed by atoms with van der Waals surface area (Å²) in [4.78, 5) is 47.0. The van der Waals surface area contributed by atoms with Crippen molar-refractivity contribution in [1.82, 2.24) is 10.6 Å². The summed E-state index contributed by atoms with van der Waals surface area (Å²) in [6.07, 6.45) is -1.15. The van der Waals surface area contributed by atoms with E-state index in [1.54, 1.807) is 34.6 Å². The van der Waals surface area contributed by atoms with Gasteiger partial charge in [-0.3, -0.25) is 28.2 Å². The fourth-order valence-electron chi connectivity index (χ4n) is 2.32. The maximum absolute atomic E-state index is 12.7. The zero-order valence-electron chi connectivity index (χ0n) is 19.3. The summed E-state index contributed by atoms with van der Waals surface area (Å²) in [7, 11) is -4.14. The lowest BCUT2D eigenvalue weighted by Gasteiger charge is -2.39. The molecular weight excluding hydrogens is 463 g/mol. The van der Waals surface area contributed by atoms with Crippen molar-refractivity contribution in [3.05, 3.63) is 0 Å². The van der Waals surface area contributed by atoms with Crippen LogP contribution in [0.15, 0.2) is 0 Å². The summed E-state index contributed by atoms with van der Waals surface area (Å²) in [5.41, 5.74) is -1.59. The number of hydrogen-bond donors (Lipinski definition) is 2. The van der Waals surface area contributed by atoms with Crippen LogP contribution >= 0.6 is 19.6 Å². The van der Waals surface area contributed by atoms with E-state index in [-0.39, 0.29) is 30.6 Å². The molecule has 0 spiro atoms. The number of carbonyl (C=O) groups excluding carboxylic acids is 4. The smallest absolute Gasteiger partial charge is 0.437 e. The fourth-order valence-corrected chi connectivity index (χ4v) is 4.32. The second kappa shape index (κ2) is 12.1. The number of esters is 1. The first-order chi connectivity index (χ1) is 14.7. The number of thioether (sulfide) groups is 1. The van der Waals surface area contributed by atoms with Crippen LogP contribution in [0.25, 0.3) is 0 Å². The SMILES string of the molecule is CC(=O)SCCNC(=O)CCNC(=O)[C@@H]1O[P@](=O)(OCOC(=O)C(C)(C)C)OCC1(C)C. The lowest BCUT2D eigenvalue weighted by atomic mass is 9.87. The molecule has 0 aliphatic carbocycles. The molecule has 1 saturated heterocycles. The second-order valence-electron chi connectivity index (χ2n) is 8.85. The van der Waals surface area contributed by atoms with Gasteiger partial charge in [0.2, 0.25) is 18.6 Å². The number of amides is 2. The minimum Gasteiger partial charge on any atom is -0.437 e. The zero-order valence-corrected chi connectivity index (χ0v) is 21.1. The summed E-state index contributed by atoms with van der Waals surface area (Å²) >= 11 is 1.11. The highest BCUT2D eigenvalue weighted by Gasteiger charge is 2.49. The Bertz CT molecular complexity index is 752. The maximum Gasteiger partial charge on any atom is 0.478 e. The first kappa shape index (κ1) is 28.6. The second-order valence-corrected chi connectivity index (χ2v) is 11.7. The maximum atomic E-state index is 12.7. The van der Waals surface area contributed by atoms with Crippen molar-refractivity contribution in [3.63, 3.8) is 0 Å². The first-order valence-electron chi connectivity index (χ1n) is 10.1. The molecule has 0 bridgehead atoms. The summed E-state index contributed by atoms with van der Waals surface area (Å²) in [5, 5.41) is 5.19. The van der Waals surface area contributed by atoms with Gasteiger partial charge < -0.3 is 15.4 Å². The predicted molar refractivity (Wildman–Crippen MR) is 117 cm³/mol. The summed E-state index contributed by atoms with van der Waals surface area (Å²) < 4.78 is 33.2. The number of rotatable bonds is 10. The lowest BCUT2D eigenvalue weighted by Crippen LogP contribution is -2.50. The molecule has 1 aliphatic heterocycles. The summed E-state index contributed by atoms with van der Waals surface area (Å²) in [6, 6.07) is 0. The van der Waals surface area contributed by atoms with Crippen LogP contribution in [0.5, 0.6) is 0 Å². The van der Waals surface area contributed by atoms with Gasteiger partial charge in [-0.2, -0.15) is 0 Å². The van der Waals surface area contributed by atoms with Crippen LogP contribution in [-0.4, -0.2) is 61.2 Å². The number of ether oxygens (including phenoxy) is 1. The van der Waals surface area contributed by atoms with Crippen LogP contribution in [0.4, 0.5) is 0 Å². The van der Waals surface area contributed by atoms with E-state index in [1.807, 2.05) is 0 Å². The van der Waals surface area contributed by atoms with Crippen molar-refractivity contribution < 1.29 is 42.1 Å². The van der Waals surface area contributed by atoms with Gasteiger partial charge in [0.1, 0.15) is 0 Å². The third-order valence-electron chi connectivity index (χ3n) is 4.17. The average Bonchev–Trinajstić information content (AvgIpc) is 2.66. The molecule has 13 heteroatoms. The molecule has 2 atom stereocenters. The molecule has 1 rings (SSSR count). The van der Waals surface area contributed by atoms with Gasteiger partial charge in [-0.05, 0) is 20.8 Å². The van der Waals surface area contributed by atoms with Crippen molar-refractivity contribution in [3.8, 4) is 0 Å². The third kappa shape index (κ3) is 9.99. The van der Waals surface area contributed by atoms with Crippen LogP contribution in [0.2, 0.25) is 0 Å². The van der Waals surface area contributed by atoms with E-state index in [0.29, 0.717) is 12.3 Å². The Morgan fingerprint density at radius 3 is 2.41 bits per heavy atom. The molecule has 0 aromatic heterocycles. The van der Waals surface area contributed by atoms with Gasteiger partial charge in [-0.1, -0.05) is 25.6 Å². The molecule has 0 aromatic rings.